The first-order valence-electron chi connectivity index (χ1n) is 6.09. The highest BCUT2D eigenvalue weighted by molar-refractivity contribution is 7.11. The van der Waals surface area contributed by atoms with E-state index >= 15 is 0 Å². The number of terminal acetylenes is 1. The number of hydrogen-bond acceptors (Lipinski definition) is 8. The minimum absolute atomic E-state index is 0.0708. The van der Waals surface area contributed by atoms with Crippen molar-refractivity contribution >= 4 is 22.9 Å². The number of aryl methyl sites for hydroxylation is 1. The SMILES string of the molecule is [3H]c1csc(OCc2c(C#C)nsc2-n2nnn(C)c2=O)n1. The number of hydrogen-bond donors (Lipinski definition) is 0. The number of aromatic nitrogens is 6. The molecule has 0 unspecified atom stereocenters. The highest BCUT2D eigenvalue weighted by atomic mass is 32.1. The normalized spacial score (nSPS) is 11.1. The van der Waals surface area contributed by atoms with E-state index in [1.54, 1.807) is 5.38 Å². The Morgan fingerprint density at radius 2 is 2.43 bits per heavy atom. The van der Waals surface area contributed by atoms with Crippen LogP contribution in [0.1, 0.15) is 12.6 Å². The van der Waals surface area contributed by atoms with Gasteiger partial charge in [0.25, 0.3) is 5.19 Å². The Hall–Kier alpha value is -2.51. The molecule has 0 fully saturated rings. The van der Waals surface area contributed by atoms with E-state index in [-0.39, 0.29) is 12.8 Å². The predicted molar refractivity (Wildman–Crippen MR) is 76.7 cm³/mol. The number of nitrogens with zero attached hydrogens (tertiary/aromatic N) is 6. The van der Waals surface area contributed by atoms with E-state index in [2.05, 4.69) is 25.7 Å². The molecule has 0 saturated heterocycles. The minimum Gasteiger partial charge on any atom is -0.465 e. The van der Waals surface area contributed by atoms with Crippen molar-refractivity contribution in [3.05, 3.63) is 33.3 Å². The molecule has 0 saturated carbocycles. The second-order valence-corrected chi connectivity index (χ2v) is 5.36. The summed E-state index contributed by atoms with van der Waals surface area (Å²) in [6.45, 7) is 0.0708. The number of ether oxygens (including phenoxy) is 1. The summed E-state index contributed by atoms with van der Waals surface area (Å²) < 4.78 is 19.2. The fraction of sp³-hybridized carbons (Fsp3) is 0.182. The van der Waals surface area contributed by atoms with Crippen molar-refractivity contribution < 1.29 is 6.11 Å². The van der Waals surface area contributed by atoms with Crippen molar-refractivity contribution in [2.24, 2.45) is 7.05 Å². The minimum atomic E-state index is -0.406. The standard InChI is InChI=1S/C11H8N6O2S2/c1-3-8-7(6-19-10-12-4-5-20-10)9(21-13-8)17-11(18)16(2)14-15-17/h1,4-5H,6H2,2H3/i4T. The Kier molecular flexibility index (Phi) is 3.19. The van der Waals surface area contributed by atoms with Gasteiger partial charge in [-0.3, -0.25) is 0 Å². The summed E-state index contributed by atoms with van der Waals surface area (Å²) in [5.74, 6) is 2.45. The molecule has 3 aromatic heterocycles. The quantitative estimate of drug-likeness (QED) is 0.648. The molecule has 3 aromatic rings. The van der Waals surface area contributed by atoms with Crippen LogP contribution in [0.5, 0.6) is 5.19 Å². The highest BCUT2D eigenvalue weighted by Crippen LogP contribution is 2.24. The fourth-order valence-electron chi connectivity index (χ4n) is 1.53. The van der Waals surface area contributed by atoms with Gasteiger partial charge in [0.1, 0.15) is 12.3 Å². The molecule has 3 heterocycles. The second kappa shape index (κ2) is 5.47. The van der Waals surface area contributed by atoms with Gasteiger partial charge in [-0.2, -0.15) is 9.06 Å². The van der Waals surface area contributed by atoms with Crippen LogP contribution in [0.2, 0.25) is 0 Å². The van der Waals surface area contributed by atoms with Crippen LogP contribution in [-0.2, 0) is 13.7 Å². The zero-order valence-electron chi connectivity index (χ0n) is 11.7. The van der Waals surface area contributed by atoms with Crippen LogP contribution in [0, 0.1) is 12.3 Å². The molecule has 0 atom stereocenters. The molecule has 0 aliphatic carbocycles. The first-order chi connectivity index (χ1) is 10.6. The first-order valence-corrected chi connectivity index (χ1v) is 7.25. The smallest absolute Gasteiger partial charge is 0.369 e. The van der Waals surface area contributed by atoms with Gasteiger partial charge in [-0.15, -0.1) is 11.1 Å². The molecular formula is C11H8N6O2S2. The van der Waals surface area contributed by atoms with Gasteiger partial charge in [0.2, 0.25) is 0 Å². The predicted octanol–water partition coefficient (Wildman–Crippen LogP) is 0.439. The third-order valence-electron chi connectivity index (χ3n) is 2.53. The first kappa shape index (κ1) is 12.2. The molecule has 106 valence electrons. The zero-order valence-corrected chi connectivity index (χ0v) is 12.3. The Bertz CT molecular complexity index is 918. The van der Waals surface area contributed by atoms with E-state index in [4.69, 9.17) is 12.5 Å². The van der Waals surface area contributed by atoms with Crippen molar-refractivity contribution in [1.82, 2.24) is 29.1 Å². The van der Waals surface area contributed by atoms with Crippen molar-refractivity contribution in [3.63, 3.8) is 0 Å². The number of rotatable bonds is 4. The maximum Gasteiger partial charge on any atom is 0.369 e. The summed E-state index contributed by atoms with van der Waals surface area (Å²) in [5.41, 5.74) is 0.521. The van der Waals surface area contributed by atoms with Gasteiger partial charge >= 0.3 is 5.69 Å². The van der Waals surface area contributed by atoms with Gasteiger partial charge in [-0.1, -0.05) is 11.3 Å². The lowest BCUT2D eigenvalue weighted by Crippen LogP contribution is -2.22. The van der Waals surface area contributed by atoms with Gasteiger partial charge in [0.05, 0.1) is 6.93 Å². The summed E-state index contributed by atoms with van der Waals surface area (Å²) in [6, 6.07) is 0. The molecule has 10 heteroatoms. The maximum atomic E-state index is 11.9. The monoisotopic (exact) mass is 322 g/mol. The van der Waals surface area contributed by atoms with Gasteiger partial charge in [0.15, 0.2) is 5.00 Å². The average molecular weight is 322 g/mol. The molecule has 3 rings (SSSR count). The highest BCUT2D eigenvalue weighted by Gasteiger charge is 2.19. The van der Waals surface area contributed by atoms with Crippen molar-refractivity contribution in [2.75, 3.05) is 0 Å². The molecule has 0 radical (unpaired) electrons. The van der Waals surface area contributed by atoms with Crippen molar-refractivity contribution in [2.45, 2.75) is 6.61 Å². The summed E-state index contributed by atoms with van der Waals surface area (Å²) in [7, 11) is 1.50. The van der Waals surface area contributed by atoms with E-state index in [1.165, 1.54) is 18.4 Å². The molecule has 21 heavy (non-hydrogen) atoms. The Morgan fingerprint density at radius 3 is 3.05 bits per heavy atom. The zero-order chi connectivity index (χ0) is 15.7. The Labute approximate surface area is 128 Å². The van der Waals surface area contributed by atoms with Crippen LogP contribution < -0.4 is 10.4 Å². The second-order valence-electron chi connectivity index (χ2n) is 3.79. The summed E-state index contributed by atoms with van der Waals surface area (Å²) in [6.07, 6.45) is 5.56. The van der Waals surface area contributed by atoms with Crippen molar-refractivity contribution in [3.8, 4) is 22.5 Å². The van der Waals surface area contributed by atoms with Crippen LogP contribution in [0.3, 0.4) is 0 Å². The van der Waals surface area contributed by atoms with E-state index in [0.717, 1.165) is 20.9 Å². The lowest BCUT2D eigenvalue weighted by Gasteiger charge is -2.03. The number of tetrazole rings is 1. The van der Waals surface area contributed by atoms with Crippen LogP contribution in [-0.4, -0.2) is 29.1 Å². The molecule has 0 bridgehead atoms. The maximum absolute atomic E-state index is 11.9. The van der Waals surface area contributed by atoms with Crippen LogP contribution >= 0.6 is 22.9 Å². The Morgan fingerprint density at radius 1 is 1.57 bits per heavy atom. The molecule has 0 spiro atoms. The molecule has 0 aliphatic rings. The van der Waals surface area contributed by atoms with Crippen LogP contribution in [0.15, 0.2) is 16.3 Å². The molecule has 0 N–H and O–H groups in total. The molecule has 0 aromatic carbocycles. The molecule has 0 aliphatic heterocycles. The lowest BCUT2D eigenvalue weighted by molar-refractivity contribution is 0.304. The molecular weight excluding hydrogens is 312 g/mol. The Balaban J connectivity index is 1.96. The summed E-state index contributed by atoms with van der Waals surface area (Å²) >= 11 is 2.25. The largest absolute Gasteiger partial charge is 0.465 e. The third-order valence-corrected chi connectivity index (χ3v) is 4.03. The van der Waals surface area contributed by atoms with Gasteiger partial charge < -0.3 is 4.74 Å². The van der Waals surface area contributed by atoms with E-state index < -0.39 is 5.69 Å². The summed E-state index contributed by atoms with van der Waals surface area (Å²) in [5, 5.41) is 9.78. The third kappa shape index (κ3) is 2.44. The van der Waals surface area contributed by atoms with E-state index in [1.807, 2.05) is 0 Å². The van der Waals surface area contributed by atoms with E-state index in [9.17, 15) is 4.79 Å². The molecule has 0 amide bonds. The van der Waals surface area contributed by atoms with Gasteiger partial charge in [0, 0.05) is 18.6 Å². The average Bonchev–Trinajstić information content (AvgIpc) is 3.18. The van der Waals surface area contributed by atoms with Crippen LogP contribution in [0.25, 0.3) is 5.00 Å². The number of thiazole rings is 1. The van der Waals surface area contributed by atoms with Crippen LogP contribution in [0.4, 0.5) is 0 Å². The molecule has 8 nitrogen and oxygen atoms in total. The van der Waals surface area contributed by atoms with Crippen molar-refractivity contribution in [1.29, 1.82) is 0 Å². The fourth-order valence-corrected chi connectivity index (χ4v) is 2.77. The van der Waals surface area contributed by atoms with E-state index in [0.29, 0.717) is 21.5 Å². The van der Waals surface area contributed by atoms with Gasteiger partial charge in [-0.25, -0.2) is 9.78 Å². The lowest BCUT2D eigenvalue weighted by atomic mass is 10.2. The summed E-state index contributed by atoms with van der Waals surface area (Å²) in [4.78, 5) is 15.8. The topological polar surface area (TPSA) is 87.7 Å². The van der Waals surface area contributed by atoms with Gasteiger partial charge in [-0.05, 0) is 27.9 Å².